The summed E-state index contributed by atoms with van der Waals surface area (Å²) < 4.78 is 31.0. The fourth-order valence-electron chi connectivity index (χ4n) is 3.89. The van der Waals surface area contributed by atoms with Gasteiger partial charge in [0.2, 0.25) is 5.91 Å². The fourth-order valence-corrected chi connectivity index (χ4v) is 3.89. The van der Waals surface area contributed by atoms with Gasteiger partial charge in [-0.05, 0) is 71.1 Å². The predicted molar refractivity (Wildman–Crippen MR) is 139 cm³/mol. The topological polar surface area (TPSA) is 137 Å². The molecule has 38 heavy (non-hydrogen) atoms. The Bertz CT molecular complexity index is 1310. The van der Waals surface area contributed by atoms with Gasteiger partial charge >= 0.3 is 5.97 Å². The summed E-state index contributed by atoms with van der Waals surface area (Å²) in [6, 6.07) is 18.6. The number of nitrogens with zero attached hydrogens (tertiary/aromatic N) is 1. The van der Waals surface area contributed by atoms with Crippen molar-refractivity contribution in [2.45, 2.75) is 38.3 Å². The summed E-state index contributed by atoms with van der Waals surface area (Å²) in [5.74, 6) is -1.85. The number of carbonyl (C=O) groups is 2. The molecule has 0 aliphatic heterocycles. The quantitative estimate of drug-likeness (QED) is 0.262. The largest absolute Gasteiger partial charge is 0.487 e. The molecule has 3 rings (SSSR count). The molecule has 0 aliphatic carbocycles. The number of carbonyl (C=O) groups excluding carboxylic acids is 1. The lowest BCUT2D eigenvalue weighted by Crippen LogP contribution is -2.21. The zero-order valence-corrected chi connectivity index (χ0v) is 20.7. The first-order valence-corrected chi connectivity index (χ1v) is 11.8. The summed E-state index contributed by atoms with van der Waals surface area (Å²) in [6.07, 6.45) is -2.72. The molecule has 0 saturated heterocycles. The second-order valence-electron chi connectivity index (χ2n) is 8.66. The van der Waals surface area contributed by atoms with Crippen LogP contribution in [0.4, 0.5) is 20.2 Å². The zero-order chi connectivity index (χ0) is 27.7. The van der Waals surface area contributed by atoms with Crippen molar-refractivity contribution in [3.8, 4) is 11.8 Å². The van der Waals surface area contributed by atoms with Crippen molar-refractivity contribution >= 4 is 23.3 Å². The van der Waals surface area contributed by atoms with Crippen LogP contribution in [0.2, 0.25) is 0 Å². The van der Waals surface area contributed by atoms with Crippen molar-refractivity contribution in [3.05, 3.63) is 89.0 Å². The fraction of sp³-hybridized carbons (Fsp3) is 0.250. The number of nitriles is 1. The maximum absolute atomic E-state index is 12.9. The van der Waals surface area contributed by atoms with E-state index >= 15 is 0 Å². The summed E-state index contributed by atoms with van der Waals surface area (Å²) in [6.45, 7) is 1.20. The minimum absolute atomic E-state index is 0.0118. The van der Waals surface area contributed by atoms with Gasteiger partial charge in [-0.25, -0.2) is 13.6 Å². The lowest BCUT2D eigenvalue weighted by Gasteiger charge is -2.21. The van der Waals surface area contributed by atoms with Crippen LogP contribution < -0.4 is 21.1 Å². The number of nitrogens with one attached hydrogen (secondary N) is 2. The predicted octanol–water partition coefficient (Wildman–Crippen LogP) is 5.03. The van der Waals surface area contributed by atoms with E-state index in [1.807, 2.05) is 12.1 Å². The van der Waals surface area contributed by atoms with Gasteiger partial charge in [0.25, 0.3) is 6.43 Å². The third-order valence-corrected chi connectivity index (χ3v) is 5.77. The number of rotatable bonds is 12. The Hall–Kier alpha value is -4.49. The number of hydrogen-bond acceptors (Lipinski definition) is 6. The van der Waals surface area contributed by atoms with E-state index in [2.05, 4.69) is 10.6 Å². The number of nitrogens with two attached hydrogens (primary N) is 1. The van der Waals surface area contributed by atoms with E-state index in [9.17, 15) is 23.5 Å². The average molecular weight is 523 g/mol. The van der Waals surface area contributed by atoms with Crippen LogP contribution in [0, 0.1) is 11.3 Å². The van der Waals surface area contributed by atoms with Gasteiger partial charge in [0.05, 0.1) is 11.6 Å². The maximum atomic E-state index is 12.9. The Morgan fingerprint density at radius 3 is 2.45 bits per heavy atom. The highest BCUT2D eigenvalue weighted by molar-refractivity contribution is 5.91. The van der Waals surface area contributed by atoms with E-state index in [0.717, 1.165) is 5.56 Å². The van der Waals surface area contributed by atoms with Crippen LogP contribution in [-0.4, -0.2) is 30.0 Å². The maximum Gasteiger partial charge on any atom is 0.330 e. The summed E-state index contributed by atoms with van der Waals surface area (Å²) in [4.78, 5) is 24.9. The average Bonchev–Trinajstić information content (AvgIpc) is 2.90. The number of carboxylic acids is 1. The van der Waals surface area contributed by atoms with Crippen molar-refractivity contribution in [1.29, 1.82) is 5.26 Å². The SMILES string of the molecule is C[C@H](CC(=O)Nc1cccc(CN)c1)c1cc(C(Nc2ccc(C#N)cc2)C(=O)O)ccc1OCC(F)F. The summed E-state index contributed by atoms with van der Waals surface area (Å²) in [5, 5.41) is 24.6. The van der Waals surface area contributed by atoms with Crippen LogP contribution in [0.1, 0.15) is 47.6 Å². The van der Waals surface area contributed by atoms with Crippen LogP contribution in [0.15, 0.2) is 66.7 Å². The van der Waals surface area contributed by atoms with Gasteiger partial charge < -0.3 is 26.2 Å². The summed E-state index contributed by atoms with van der Waals surface area (Å²) in [7, 11) is 0. The summed E-state index contributed by atoms with van der Waals surface area (Å²) in [5.41, 5.74) is 8.73. The number of amides is 1. The Balaban J connectivity index is 1.86. The van der Waals surface area contributed by atoms with Crippen molar-refractivity contribution in [2.24, 2.45) is 5.73 Å². The van der Waals surface area contributed by atoms with Crippen LogP contribution in [0.25, 0.3) is 0 Å². The van der Waals surface area contributed by atoms with Gasteiger partial charge in [-0.3, -0.25) is 4.79 Å². The molecule has 0 bridgehead atoms. The van der Waals surface area contributed by atoms with Gasteiger partial charge in [-0.1, -0.05) is 25.1 Å². The highest BCUT2D eigenvalue weighted by atomic mass is 19.3. The van der Waals surface area contributed by atoms with E-state index in [1.165, 1.54) is 12.1 Å². The second kappa shape index (κ2) is 13.2. The van der Waals surface area contributed by atoms with Crippen LogP contribution >= 0.6 is 0 Å². The zero-order valence-electron chi connectivity index (χ0n) is 20.7. The van der Waals surface area contributed by atoms with Crippen molar-refractivity contribution in [3.63, 3.8) is 0 Å². The number of aliphatic carboxylic acids is 1. The Kier molecular flexibility index (Phi) is 9.73. The molecule has 0 spiro atoms. The molecular weight excluding hydrogens is 494 g/mol. The number of anilines is 2. The van der Waals surface area contributed by atoms with E-state index in [1.54, 1.807) is 55.5 Å². The Morgan fingerprint density at radius 2 is 1.82 bits per heavy atom. The van der Waals surface area contributed by atoms with Gasteiger partial charge in [0.1, 0.15) is 12.4 Å². The molecule has 1 amide bonds. The third kappa shape index (κ3) is 7.75. The molecule has 0 fully saturated rings. The molecule has 5 N–H and O–H groups in total. The van der Waals surface area contributed by atoms with Crippen molar-refractivity contribution in [2.75, 3.05) is 17.2 Å². The first-order valence-electron chi connectivity index (χ1n) is 11.8. The molecule has 1 unspecified atom stereocenters. The molecule has 0 aliphatic rings. The molecule has 2 atom stereocenters. The number of carboxylic acid groups (broad SMARTS) is 1. The third-order valence-electron chi connectivity index (χ3n) is 5.77. The molecule has 198 valence electrons. The van der Waals surface area contributed by atoms with E-state index < -0.39 is 31.0 Å². The molecule has 8 nitrogen and oxygen atoms in total. The smallest absolute Gasteiger partial charge is 0.330 e. The molecule has 10 heteroatoms. The Labute approximate surface area is 219 Å². The number of benzene rings is 3. The normalized spacial score (nSPS) is 12.3. The number of alkyl halides is 2. The molecule has 3 aromatic rings. The minimum Gasteiger partial charge on any atom is -0.487 e. The van der Waals surface area contributed by atoms with E-state index in [4.69, 9.17) is 15.7 Å². The first kappa shape index (κ1) is 28.1. The Morgan fingerprint density at radius 1 is 1.08 bits per heavy atom. The van der Waals surface area contributed by atoms with Gasteiger partial charge in [-0.2, -0.15) is 5.26 Å². The number of ether oxygens (including phenoxy) is 1. The lowest BCUT2D eigenvalue weighted by molar-refractivity contribution is -0.138. The first-order chi connectivity index (χ1) is 18.2. The van der Waals surface area contributed by atoms with Crippen LogP contribution in [0.3, 0.4) is 0 Å². The monoisotopic (exact) mass is 522 g/mol. The molecular formula is C28H28F2N4O4. The van der Waals surface area contributed by atoms with Gasteiger partial charge in [0, 0.05) is 24.3 Å². The van der Waals surface area contributed by atoms with Gasteiger partial charge in [0.15, 0.2) is 6.04 Å². The number of hydrogen-bond donors (Lipinski definition) is 4. The van der Waals surface area contributed by atoms with Crippen molar-refractivity contribution < 1.29 is 28.2 Å². The van der Waals surface area contributed by atoms with Crippen LogP contribution in [-0.2, 0) is 16.1 Å². The number of halogens is 2. The molecule has 0 heterocycles. The van der Waals surface area contributed by atoms with E-state index in [-0.39, 0.29) is 18.1 Å². The van der Waals surface area contributed by atoms with Gasteiger partial charge in [-0.15, -0.1) is 0 Å². The van der Waals surface area contributed by atoms with E-state index in [0.29, 0.717) is 34.6 Å². The summed E-state index contributed by atoms with van der Waals surface area (Å²) >= 11 is 0. The molecule has 0 saturated carbocycles. The molecule has 3 aromatic carbocycles. The highest BCUT2D eigenvalue weighted by Gasteiger charge is 2.24. The molecule has 0 aromatic heterocycles. The standard InChI is InChI=1S/C28H28F2N4O4/c1-17(11-26(35)33-22-4-2-3-19(12-22)15-32)23-13-20(7-10-24(23)38-16-25(29)30)27(28(36)37)34-21-8-5-18(14-31)6-9-21/h2-10,12-13,17,25,27,34H,11,15-16,32H2,1H3,(H,33,35)(H,36,37)/t17-,27?/m1/s1. The lowest BCUT2D eigenvalue weighted by atomic mass is 9.92. The van der Waals surface area contributed by atoms with Crippen molar-refractivity contribution in [1.82, 2.24) is 0 Å². The minimum atomic E-state index is -2.71. The second-order valence-corrected chi connectivity index (χ2v) is 8.66. The highest BCUT2D eigenvalue weighted by Crippen LogP contribution is 2.33. The van der Waals surface area contributed by atoms with Crippen LogP contribution in [0.5, 0.6) is 5.75 Å². The molecule has 0 radical (unpaired) electrons.